The fraction of sp³-hybridized carbons (Fsp3) is 0.867. The predicted molar refractivity (Wildman–Crippen MR) is 140 cm³/mol. The summed E-state index contributed by atoms with van der Waals surface area (Å²) in [6.45, 7) is 12.7. The molecule has 0 saturated heterocycles. The first kappa shape index (κ1) is 29.7. The van der Waals surface area contributed by atoms with Gasteiger partial charge in [0.05, 0.1) is 0 Å². The van der Waals surface area contributed by atoms with Crippen LogP contribution in [0.5, 0.6) is 0 Å². The maximum atomic E-state index is 3.96. The van der Waals surface area contributed by atoms with Gasteiger partial charge in [0.2, 0.25) is 0 Å². The van der Waals surface area contributed by atoms with Gasteiger partial charge in [-0.05, 0) is 43.9 Å². The molecule has 0 rings (SSSR count). The van der Waals surface area contributed by atoms with Crippen molar-refractivity contribution in [1.82, 2.24) is 0 Å². The van der Waals surface area contributed by atoms with Crippen LogP contribution >= 0.6 is 0 Å². The fourth-order valence-corrected chi connectivity index (χ4v) is 4.62. The minimum absolute atomic E-state index is 0.863. The largest absolute Gasteiger partial charge is 0.0885 e. The molecule has 0 N–H and O–H groups in total. The lowest BCUT2D eigenvalue weighted by molar-refractivity contribution is 0.339. The van der Waals surface area contributed by atoms with Crippen LogP contribution in [0.25, 0.3) is 0 Å². The van der Waals surface area contributed by atoms with E-state index in [2.05, 4.69) is 39.8 Å². The Balaban J connectivity index is 3.48. The van der Waals surface area contributed by atoms with Crippen molar-refractivity contribution in [3.8, 4) is 0 Å². The van der Waals surface area contributed by atoms with Gasteiger partial charge in [-0.1, -0.05) is 149 Å². The third-order valence-corrected chi connectivity index (χ3v) is 6.44. The first-order valence-corrected chi connectivity index (χ1v) is 13.9. The van der Waals surface area contributed by atoms with E-state index in [1.807, 2.05) is 0 Å². The molecule has 0 aliphatic rings. The van der Waals surface area contributed by atoms with Gasteiger partial charge < -0.3 is 0 Å². The van der Waals surface area contributed by atoms with Crippen molar-refractivity contribution in [2.24, 2.45) is 11.8 Å². The molecule has 30 heavy (non-hydrogen) atoms. The van der Waals surface area contributed by atoms with Gasteiger partial charge in [0.25, 0.3) is 0 Å². The Morgan fingerprint density at radius 2 is 0.867 bits per heavy atom. The molecule has 2 radical (unpaired) electrons. The molecule has 0 heteroatoms. The Bertz CT molecular complexity index is 327. The average molecular weight is 419 g/mol. The molecular weight excluding hydrogens is 360 g/mol. The molecule has 0 bridgehead atoms. The van der Waals surface area contributed by atoms with Gasteiger partial charge in [-0.15, -0.1) is 0 Å². The summed E-state index contributed by atoms with van der Waals surface area (Å²) in [5.74, 6) is 1.85. The minimum Gasteiger partial charge on any atom is -0.0885 e. The van der Waals surface area contributed by atoms with Gasteiger partial charge in [-0.25, -0.2) is 0 Å². The lowest BCUT2D eigenvalue weighted by Crippen LogP contribution is -2.05. The van der Waals surface area contributed by atoms with Gasteiger partial charge in [-0.3, -0.25) is 0 Å². The van der Waals surface area contributed by atoms with Crippen LogP contribution in [0.2, 0.25) is 0 Å². The highest BCUT2D eigenvalue weighted by Gasteiger charge is 2.10. The Labute approximate surface area is 193 Å². The lowest BCUT2D eigenvalue weighted by atomic mass is 9.87. The SMILES string of the molecule is [CH2]CCCCCCCC=CCCCCCCCCC(CCCCCC[CH2])CC(C)C. The second kappa shape index (κ2) is 25.0. The quantitative estimate of drug-likeness (QED) is 0.108. The van der Waals surface area contributed by atoms with E-state index in [0.717, 1.165) is 24.7 Å². The molecule has 1 unspecified atom stereocenters. The second-order valence-corrected chi connectivity index (χ2v) is 10.1. The lowest BCUT2D eigenvalue weighted by Gasteiger charge is -2.19. The standard InChI is InChI=1S/C30H58/c1-5-7-9-11-12-13-14-15-16-17-18-19-20-21-23-25-27-30(28-29(3)4)26-24-22-10-8-6-2/h15-16,29-30H,1-2,5-14,17-28H2,3-4H3. The summed E-state index contributed by atoms with van der Waals surface area (Å²) >= 11 is 0. The molecule has 0 aromatic carbocycles. The number of rotatable bonds is 24. The Hall–Kier alpha value is -0.260. The van der Waals surface area contributed by atoms with Crippen molar-refractivity contribution < 1.29 is 0 Å². The summed E-state index contributed by atoms with van der Waals surface area (Å²) in [6.07, 6.45) is 35.2. The van der Waals surface area contributed by atoms with Crippen molar-refractivity contribution >= 4 is 0 Å². The second-order valence-electron chi connectivity index (χ2n) is 10.1. The summed E-state index contributed by atoms with van der Waals surface area (Å²) in [5, 5.41) is 0. The van der Waals surface area contributed by atoms with E-state index in [-0.39, 0.29) is 0 Å². The zero-order valence-electron chi connectivity index (χ0n) is 21.3. The molecule has 0 aliphatic carbocycles. The van der Waals surface area contributed by atoms with Crippen LogP contribution in [-0.2, 0) is 0 Å². The molecule has 178 valence electrons. The zero-order valence-corrected chi connectivity index (χ0v) is 21.3. The van der Waals surface area contributed by atoms with E-state index in [9.17, 15) is 0 Å². The van der Waals surface area contributed by atoms with Crippen molar-refractivity contribution in [2.75, 3.05) is 0 Å². The molecular formula is C30H58. The van der Waals surface area contributed by atoms with E-state index < -0.39 is 0 Å². The van der Waals surface area contributed by atoms with Crippen molar-refractivity contribution in [1.29, 1.82) is 0 Å². The van der Waals surface area contributed by atoms with Crippen LogP contribution in [0, 0.1) is 25.7 Å². The van der Waals surface area contributed by atoms with E-state index >= 15 is 0 Å². The normalized spacial score (nSPS) is 13.0. The summed E-state index contributed by atoms with van der Waals surface area (Å²) in [7, 11) is 0. The third-order valence-electron chi connectivity index (χ3n) is 6.44. The van der Waals surface area contributed by atoms with Crippen LogP contribution in [0.15, 0.2) is 12.2 Å². The summed E-state index contributed by atoms with van der Waals surface area (Å²) < 4.78 is 0. The van der Waals surface area contributed by atoms with Gasteiger partial charge in [0, 0.05) is 0 Å². The van der Waals surface area contributed by atoms with Gasteiger partial charge in [0.15, 0.2) is 0 Å². The average Bonchev–Trinajstić information content (AvgIpc) is 2.72. The van der Waals surface area contributed by atoms with Gasteiger partial charge in [-0.2, -0.15) is 0 Å². The van der Waals surface area contributed by atoms with E-state index in [1.54, 1.807) is 0 Å². The number of hydrogen-bond acceptors (Lipinski definition) is 0. The van der Waals surface area contributed by atoms with Crippen LogP contribution in [0.1, 0.15) is 155 Å². The zero-order chi connectivity index (χ0) is 22.1. The minimum atomic E-state index is 0.863. The molecule has 0 saturated carbocycles. The first-order valence-electron chi connectivity index (χ1n) is 13.9. The van der Waals surface area contributed by atoms with Crippen LogP contribution < -0.4 is 0 Å². The molecule has 0 aromatic heterocycles. The maximum absolute atomic E-state index is 3.96. The molecule has 0 fully saturated rings. The van der Waals surface area contributed by atoms with Crippen molar-refractivity contribution in [3.63, 3.8) is 0 Å². The van der Waals surface area contributed by atoms with Crippen LogP contribution in [0.4, 0.5) is 0 Å². The maximum Gasteiger partial charge on any atom is -0.0351 e. The summed E-state index contributed by atoms with van der Waals surface area (Å²) in [6, 6.07) is 0. The first-order chi connectivity index (χ1) is 14.7. The molecule has 0 aliphatic heterocycles. The number of hydrogen-bond donors (Lipinski definition) is 0. The van der Waals surface area contributed by atoms with Gasteiger partial charge in [0.1, 0.15) is 0 Å². The monoisotopic (exact) mass is 418 g/mol. The molecule has 1 atom stereocenters. The molecule has 0 aromatic rings. The van der Waals surface area contributed by atoms with Crippen molar-refractivity contribution in [3.05, 3.63) is 26.0 Å². The van der Waals surface area contributed by atoms with E-state index in [4.69, 9.17) is 0 Å². The highest BCUT2D eigenvalue weighted by molar-refractivity contribution is 4.81. The summed E-state index contributed by atoms with van der Waals surface area (Å²) in [4.78, 5) is 0. The van der Waals surface area contributed by atoms with Gasteiger partial charge >= 0.3 is 0 Å². The van der Waals surface area contributed by atoms with Crippen molar-refractivity contribution in [2.45, 2.75) is 155 Å². The smallest absolute Gasteiger partial charge is 0.0351 e. The third kappa shape index (κ3) is 24.0. The Morgan fingerprint density at radius 3 is 1.27 bits per heavy atom. The fourth-order valence-electron chi connectivity index (χ4n) is 4.62. The molecule has 0 spiro atoms. The van der Waals surface area contributed by atoms with Crippen LogP contribution in [-0.4, -0.2) is 0 Å². The highest BCUT2D eigenvalue weighted by atomic mass is 14.2. The van der Waals surface area contributed by atoms with Crippen LogP contribution in [0.3, 0.4) is 0 Å². The summed E-state index contributed by atoms with van der Waals surface area (Å²) in [5.41, 5.74) is 0. The number of allylic oxidation sites excluding steroid dienone is 2. The number of unbranched alkanes of at least 4 members (excludes halogenated alkanes) is 16. The topological polar surface area (TPSA) is 0 Å². The Kier molecular flexibility index (Phi) is 24.8. The molecule has 0 amide bonds. The highest BCUT2D eigenvalue weighted by Crippen LogP contribution is 2.25. The molecule has 0 nitrogen and oxygen atoms in total. The van der Waals surface area contributed by atoms with E-state index in [0.29, 0.717) is 0 Å². The van der Waals surface area contributed by atoms with E-state index in [1.165, 1.54) is 128 Å². The predicted octanol–water partition coefficient (Wildman–Crippen LogP) is 11.1. The molecule has 0 heterocycles. The Morgan fingerprint density at radius 1 is 0.500 bits per heavy atom.